The van der Waals surface area contributed by atoms with Crippen molar-refractivity contribution in [3.8, 4) is 0 Å². The molecule has 0 saturated carbocycles. The van der Waals surface area contributed by atoms with Crippen LogP contribution in [-0.4, -0.2) is 45.3 Å². The van der Waals surface area contributed by atoms with E-state index in [1.54, 1.807) is 21.6 Å². The van der Waals surface area contributed by atoms with Gasteiger partial charge in [0.25, 0.3) is 0 Å². The number of hydrogen-bond donors (Lipinski definition) is 0. The van der Waals surface area contributed by atoms with Crippen molar-refractivity contribution in [3.63, 3.8) is 0 Å². The van der Waals surface area contributed by atoms with Crippen molar-refractivity contribution >= 4 is 11.2 Å². The molecular weight excluding hydrogens is 296 g/mol. The lowest BCUT2D eigenvalue weighted by atomic mass is 10.4. The zero-order valence-electron chi connectivity index (χ0n) is 12.7. The molecule has 0 aliphatic carbocycles. The van der Waals surface area contributed by atoms with Gasteiger partial charge in [0.2, 0.25) is 0 Å². The smallest absolute Gasteiger partial charge is 0.331 e. The van der Waals surface area contributed by atoms with Gasteiger partial charge < -0.3 is 9.15 Å². The molecule has 0 N–H and O–H groups in total. The number of nitrogens with zero attached hydrogens (tertiary/aromatic N) is 4. The van der Waals surface area contributed by atoms with Crippen LogP contribution < -0.4 is 5.69 Å². The number of ether oxygens (including phenoxy) is 1. The van der Waals surface area contributed by atoms with Gasteiger partial charge in [-0.3, -0.25) is 14.0 Å². The van der Waals surface area contributed by atoms with Crippen LogP contribution in [0.3, 0.4) is 0 Å². The van der Waals surface area contributed by atoms with Crippen molar-refractivity contribution in [3.05, 3.63) is 53.0 Å². The van der Waals surface area contributed by atoms with Gasteiger partial charge in [0.05, 0.1) is 38.2 Å². The molecule has 1 fully saturated rings. The van der Waals surface area contributed by atoms with E-state index in [0.717, 1.165) is 24.4 Å². The number of fused-ring (bicyclic) bond motifs is 1. The molecule has 1 saturated heterocycles. The number of aromatic nitrogens is 3. The minimum absolute atomic E-state index is 0.0680. The summed E-state index contributed by atoms with van der Waals surface area (Å²) >= 11 is 0. The summed E-state index contributed by atoms with van der Waals surface area (Å²) < 4.78 is 14.2. The zero-order chi connectivity index (χ0) is 15.6. The second kappa shape index (κ2) is 6.02. The molecule has 0 unspecified atom stereocenters. The van der Waals surface area contributed by atoms with Gasteiger partial charge in [-0.1, -0.05) is 0 Å². The van der Waals surface area contributed by atoms with E-state index < -0.39 is 0 Å². The highest BCUT2D eigenvalue weighted by atomic mass is 16.5. The Hall–Kier alpha value is -2.38. The molecule has 0 amide bonds. The average molecular weight is 314 g/mol. The molecule has 0 radical (unpaired) electrons. The predicted octanol–water partition coefficient (Wildman–Crippen LogP) is 1.13. The van der Waals surface area contributed by atoms with Crippen LogP contribution in [0.1, 0.15) is 5.76 Å². The lowest BCUT2D eigenvalue weighted by Crippen LogP contribution is -2.40. The van der Waals surface area contributed by atoms with E-state index in [1.165, 1.54) is 0 Å². The molecule has 3 aromatic heterocycles. The fraction of sp³-hybridized carbons (Fsp3) is 0.375. The Morgan fingerprint density at radius 3 is 2.78 bits per heavy atom. The highest BCUT2D eigenvalue weighted by Crippen LogP contribution is 2.13. The first-order chi connectivity index (χ1) is 11.3. The van der Waals surface area contributed by atoms with Gasteiger partial charge in [0.1, 0.15) is 5.76 Å². The van der Waals surface area contributed by atoms with E-state index in [0.29, 0.717) is 32.1 Å². The summed E-state index contributed by atoms with van der Waals surface area (Å²) in [6.07, 6.45) is 3.32. The van der Waals surface area contributed by atoms with Crippen LogP contribution in [0.25, 0.3) is 11.2 Å². The third-order valence-corrected chi connectivity index (χ3v) is 4.11. The highest BCUT2D eigenvalue weighted by molar-refractivity contribution is 5.71. The molecule has 0 atom stereocenters. The Balaban J connectivity index is 1.74. The average Bonchev–Trinajstić information content (AvgIpc) is 3.19. The maximum Gasteiger partial charge on any atom is 0.331 e. The number of pyridine rings is 1. The van der Waals surface area contributed by atoms with Gasteiger partial charge >= 0.3 is 5.69 Å². The summed E-state index contributed by atoms with van der Waals surface area (Å²) in [4.78, 5) is 19.5. The first-order valence-electron chi connectivity index (χ1n) is 7.69. The Morgan fingerprint density at radius 1 is 1.13 bits per heavy atom. The Kier molecular flexibility index (Phi) is 3.72. The third kappa shape index (κ3) is 2.69. The second-order valence-corrected chi connectivity index (χ2v) is 5.59. The van der Waals surface area contributed by atoms with Crippen LogP contribution in [0.4, 0.5) is 0 Å². The molecule has 4 heterocycles. The zero-order valence-corrected chi connectivity index (χ0v) is 12.7. The lowest BCUT2D eigenvalue weighted by Gasteiger charge is -2.26. The van der Waals surface area contributed by atoms with Gasteiger partial charge in [0, 0.05) is 19.3 Å². The molecule has 23 heavy (non-hydrogen) atoms. The van der Waals surface area contributed by atoms with Crippen LogP contribution >= 0.6 is 0 Å². The number of hydrogen-bond acceptors (Lipinski definition) is 5. The molecule has 0 aromatic carbocycles. The van der Waals surface area contributed by atoms with Crippen LogP contribution in [0.15, 0.2) is 45.9 Å². The largest absolute Gasteiger partial charge is 0.467 e. The first kappa shape index (κ1) is 14.2. The van der Waals surface area contributed by atoms with Crippen molar-refractivity contribution in [2.24, 2.45) is 0 Å². The van der Waals surface area contributed by atoms with Gasteiger partial charge in [-0.25, -0.2) is 9.78 Å². The number of furan rings is 1. The van der Waals surface area contributed by atoms with Crippen LogP contribution in [-0.2, 0) is 18.0 Å². The predicted molar refractivity (Wildman–Crippen MR) is 84.2 cm³/mol. The van der Waals surface area contributed by atoms with Gasteiger partial charge in [-0.15, -0.1) is 0 Å². The minimum Gasteiger partial charge on any atom is -0.467 e. The maximum absolute atomic E-state index is 12.9. The molecule has 7 nitrogen and oxygen atoms in total. The molecule has 4 rings (SSSR count). The van der Waals surface area contributed by atoms with E-state index >= 15 is 0 Å². The standard InChI is InChI=1S/C16H18N4O3/c21-16-19(11-13-3-2-8-23-13)15-14(4-1-5-17-15)20(16)12-18-6-9-22-10-7-18/h1-5,8H,6-7,9-12H2. The van der Waals surface area contributed by atoms with Crippen molar-refractivity contribution in [1.82, 2.24) is 19.0 Å². The third-order valence-electron chi connectivity index (χ3n) is 4.11. The summed E-state index contributed by atoms with van der Waals surface area (Å²) in [5, 5.41) is 0. The van der Waals surface area contributed by atoms with E-state index in [1.807, 2.05) is 24.3 Å². The molecule has 0 bridgehead atoms. The molecule has 120 valence electrons. The summed E-state index contributed by atoms with van der Waals surface area (Å²) in [6.45, 7) is 4.01. The topological polar surface area (TPSA) is 65.4 Å². The Labute approximate surface area is 132 Å². The monoisotopic (exact) mass is 314 g/mol. The first-order valence-corrected chi connectivity index (χ1v) is 7.69. The number of imidazole rings is 1. The van der Waals surface area contributed by atoms with Crippen LogP contribution in [0.5, 0.6) is 0 Å². The quantitative estimate of drug-likeness (QED) is 0.722. The van der Waals surface area contributed by atoms with Crippen molar-refractivity contribution in [2.75, 3.05) is 26.3 Å². The molecular formula is C16H18N4O3. The van der Waals surface area contributed by atoms with Gasteiger partial charge in [0.15, 0.2) is 5.65 Å². The van der Waals surface area contributed by atoms with Gasteiger partial charge in [-0.05, 0) is 24.3 Å². The molecule has 1 aliphatic heterocycles. The summed E-state index contributed by atoms with van der Waals surface area (Å²) in [5.41, 5.74) is 1.46. The SMILES string of the molecule is O=c1n(CN2CCOCC2)c2cccnc2n1Cc1ccco1. The summed E-state index contributed by atoms with van der Waals surface area (Å²) in [7, 11) is 0. The van der Waals surface area contributed by atoms with Crippen molar-refractivity contribution in [1.29, 1.82) is 0 Å². The molecule has 7 heteroatoms. The van der Waals surface area contributed by atoms with E-state index in [9.17, 15) is 4.79 Å². The minimum atomic E-state index is -0.0680. The molecule has 1 aliphatic rings. The van der Waals surface area contributed by atoms with Crippen LogP contribution in [0.2, 0.25) is 0 Å². The van der Waals surface area contributed by atoms with E-state index in [4.69, 9.17) is 9.15 Å². The van der Waals surface area contributed by atoms with Crippen molar-refractivity contribution in [2.45, 2.75) is 13.2 Å². The number of rotatable bonds is 4. The van der Waals surface area contributed by atoms with E-state index in [2.05, 4.69) is 9.88 Å². The summed E-state index contributed by atoms with van der Waals surface area (Å²) in [5.74, 6) is 0.739. The lowest BCUT2D eigenvalue weighted by molar-refractivity contribution is 0.0235. The van der Waals surface area contributed by atoms with Crippen molar-refractivity contribution < 1.29 is 9.15 Å². The van der Waals surface area contributed by atoms with Gasteiger partial charge in [-0.2, -0.15) is 0 Å². The fourth-order valence-electron chi connectivity index (χ4n) is 2.93. The highest BCUT2D eigenvalue weighted by Gasteiger charge is 2.18. The molecule has 0 spiro atoms. The van der Waals surface area contributed by atoms with Crippen LogP contribution in [0, 0.1) is 0 Å². The summed E-state index contributed by atoms with van der Waals surface area (Å²) in [6, 6.07) is 7.47. The Bertz CT molecular complexity index is 844. The maximum atomic E-state index is 12.9. The second-order valence-electron chi connectivity index (χ2n) is 5.59. The van der Waals surface area contributed by atoms with E-state index in [-0.39, 0.29) is 5.69 Å². The number of morpholine rings is 1. The molecule has 3 aromatic rings. The fourth-order valence-corrected chi connectivity index (χ4v) is 2.93. The Morgan fingerprint density at radius 2 is 2.00 bits per heavy atom. The normalized spacial score (nSPS) is 16.2.